The van der Waals surface area contributed by atoms with Gasteiger partial charge in [-0.25, -0.2) is 9.18 Å². The number of anilines is 1. The van der Waals surface area contributed by atoms with Crippen LogP contribution in [0.3, 0.4) is 0 Å². The fourth-order valence-electron chi connectivity index (χ4n) is 1.98. The van der Waals surface area contributed by atoms with Gasteiger partial charge in [0.15, 0.2) is 5.11 Å². The third-order valence-corrected chi connectivity index (χ3v) is 3.31. The highest BCUT2D eigenvalue weighted by Crippen LogP contribution is 2.26. The molecule has 0 unspecified atom stereocenters. The van der Waals surface area contributed by atoms with E-state index in [0.717, 1.165) is 6.07 Å². The molecule has 2 aromatic carbocycles. The first-order valence-corrected chi connectivity index (χ1v) is 7.13. The van der Waals surface area contributed by atoms with Crippen LogP contribution in [0.4, 0.5) is 10.1 Å². The summed E-state index contributed by atoms with van der Waals surface area (Å²) >= 11 is 4.98. The van der Waals surface area contributed by atoms with E-state index in [1.807, 2.05) is 0 Å². The number of carbonyl (C=O) groups is 2. The summed E-state index contributed by atoms with van der Waals surface area (Å²) in [4.78, 5) is 23.0. The normalized spacial score (nSPS) is 10.1. The second-order valence-electron chi connectivity index (χ2n) is 4.91. The van der Waals surface area contributed by atoms with Crippen molar-refractivity contribution in [1.29, 1.82) is 0 Å². The van der Waals surface area contributed by atoms with Crippen molar-refractivity contribution < 1.29 is 24.2 Å². The van der Waals surface area contributed by atoms with Crippen LogP contribution in [0.2, 0.25) is 0 Å². The van der Waals surface area contributed by atoms with E-state index in [4.69, 9.17) is 17.3 Å². The number of amides is 1. The van der Waals surface area contributed by atoms with Crippen molar-refractivity contribution in [1.82, 2.24) is 5.32 Å². The highest BCUT2D eigenvalue weighted by molar-refractivity contribution is 7.80. The van der Waals surface area contributed by atoms with E-state index < -0.39 is 17.7 Å². The van der Waals surface area contributed by atoms with E-state index in [1.165, 1.54) is 37.3 Å². The summed E-state index contributed by atoms with van der Waals surface area (Å²) in [5, 5.41) is 23.7. The number of carbonyl (C=O) groups excluding carboxylic acids is 1. The molecular formula is C16H13FN2O4S. The third kappa shape index (κ3) is 4.05. The third-order valence-electron chi connectivity index (χ3n) is 3.10. The predicted molar refractivity (Wildman–Crippen MR) is 89.9 cm³/mol. The van der Waals surface area contributed by atoms with E-state index in [9.17, 15) is 19.1 Å². The quantitative estimate of drug-likeness (QED) is 0.503. The van der Waals surface area contributed by atoms with Crippen molar-refractivity contribution in [3.8, 4) is 5.75 Å². The van der Waals surface area contributed by atoms with Crippen LogP contribution in [0, 0.1) is 12.7 Å². The maximum Gasteiger partial charge on any atom is 0.339 e. The van der Waals surface area contributed by atoms with Gasteiger partial charge in [0.05, 0.1) is 0 Å². The van der Waals surface area contributed by atoms with Gasteiger partial charge in [-0.3, -0.25) is 10.1 Å². The molecule has 0 aliphatic rings. The molecule has 0 radical (unpaired) electrons. The molecule has 2 aromatic rings. The summed E-state index contributed by atoms with van der Waals surface area (Å²) in [6.07, 6.45) is 0. The minimum absolute atomic E-state index is 0.0901. The van der Waals surface area contributed by atoms with E-state index in [2.05, 4.69) is 10.6 Å². The molecule has 124 valence electrons. The number of benzene rings is 2. The number of phenols is 1. The number of aromatic carboxylic acids is 1. The fourth-order valence-corrected chi connectivity index (χ4v) is 2.19. The molecule has 8 heteroatoms. The van der Waals surface area contributed by atoms with Gasteiger partial charge in [0, 0.05) is 11.3 Å². The average Bonchev–Trinajstić information content (AvgIpc) is 2.50. The van der Waals surface area contributed by atoms with Crippen LogP contribution >= 0.6 is 12.2 Å². The summed E-state index contributed by atoms with van der Waals surface area (Å²) in [7, 11) is 0. The Kier molecular flexibility index (Phi) is 5.10. The van der Waals surface area contributed by atoms with Gasteiger partial charge in [-0.2, -0.15) is 0 Å². The predicted octanol–water partition coefficient (Wildman–Crippen LogP) is 2.66. The molecule has 4 N–H and O–H groups in total. The summed E-state index contributed by atoms with van der Waals surface area (Å²) in [6.45, 7) is 1.53. The number of aryl methyl sites for hydroxylation is 1. The molecule has 0 aliphatic carbocycles. The molecule has 0 fully saturated rings. The Balaban J connectivity index is 2.13. The maximum atomic E-state index is 13.1. The number of hydrogen-bond donors (Lipinski definition) is 4. The monoisotopic (exact) mass is 348 g/mol. The van der Waals surface area contributed by atoms with Crippen LogP contribution in [0.15, 0.2) is 36.4 Å². The highest BCUT2D eigenvalue weighted by atomic mass is 32.1. The molecule has 24 heavy (non-hydrogen) atoms. The van der Waals surface area contributed by atoms with Crippen LogP contribution in [-0.4, -0.2) is 27.2 Å². The molecule has 6 nitrogen and oxygen atoms in total. The molecule has 1 amide bonds. The van der Waals surface area contributed by atoms with Crippen molar-refractivity contribution in [2.45, 2.75) is 6.92 Å². The Morgan fingerprint density at radius 3 is 2.54 bits per heavy atom. The lowest BCUT2D eigenvalue weighted by molar-refractivity contribution is 0.0693. The molecule has 2 rings (SSSR count). The molecule has 0 atom stereocenters. The summed E-state index contributed by atoms with van der Waals surface area (Å²) in [5.41, 5.74) is 0.410. The molecule has 0 heterocycles. The van der Waals surface area contributed by atoms with Crippen molar-refractivity contribution >= 4 is 34.9 Å². The number of carboxylic acid groups (broad SMARTS) is 1. The van der Waals surface area contributed by atoms with Crippen LogP contribution < -0.4 is 10.6 Å². The first-order valence-electron chi connectivity index (χ1n) is 6.72. The van der Waals surface area contributed by atoms with E-state index in [-0.39, 0.29) is 27.7 Å². The highest BCUT2D eigenvalue weighted by Gasteiger charge is 2.15. The molecule has 0 spiro atoms. The largest absolute Gasteiger partial charge is 0.507 e. The summed E-state index contributed by atoms with van der Waals surface area (Å²) in [5.74, 6) is -2.81. The van der Waals surface area contributed by atoms with Gasteiger partial charge in [-0.05, 0) is 55.0 Å². The maximum absolute atomic E-state index is 13.1. The van der Waals surface area contributed by atoms with Crippen LogP contribution in [-0.2, 0) is 0 Å². The zero-order valence-electron chi connectivity index (χ0n) is 12.5. The minimum atomic E-state index is -1.30. The number of carboxylic acids is 1. The lowest BCUT2D eigenvalue weighted by atomic mass is 10.1. The lowest BCUT2D eigenvalue weighted by Gasteiger charge is -2.12. The van der Waals surface area contributed by atoms with Gasteiger partial charge in [0.1, 0.15) is 17.1 Å². The molecular weight excluding hydrogens is 335 g/mol. The van der Waals surface area contributed by atoms with Crippen LogP contribution in [0.1, 0.15) is 26.3 Å². The average molecular weight is 348 g/mol. The zero-order chi connectivity index (χ0) is 17.9. The van der Waals surface area contributed by atoms with Crippen LogP contribution in [0.25, 0.3) is 0 Å². The lowest BCUT2D eigenvalue weighted by Crippen LogP contribution is -2.34. The Hall–Kier alpha value is -3.00. The fraction of sp³-hybridized carbons (Fsp3) is 0.0625. The van der Waals surface area contributed by atoms with Crippen molar-refractivity contribution in [3.05, 3.63) is 58.9 Å². The number of thiocarbonyl (C=S) groups is 1. The first kappa shape index (κ1) is 17.4. The van der Waals surface area contributed by atoms with Gasteiger partial charge in [-0.15, -0.1) is 0 Å². The first-order chi connectivity index (χ1) is 11.3. The van der Waals surface area contributed by atoms with Gasteiger partial charge >= 0.3 is 5.97 Å². The van der Waals surface area contributed by atoms with E-state index in [0.29, 0.717) is 5.56 Å². The van der Waals surface area contributed by atoms with E-state index >= 15 is 0 Å². The Bertz CT molecular complexity index is 839. The van der Waals surface area contributed by atoms with Crippen molar-refractivity contribution in [3.63, 3.8) is 0 Å². The van der Waals surface area contributed by atoms with Crippen LogP contribution in [0.5, 0.6) is 5.75 Å². The Morgan fingerprint density at radius 1 is 1.21 bits per heavy atom. The molecule has 0 bridgehead atoms. The SMILES string of the molecule is Cc1cc(NC(=S)NC(=O)c2cccc(F)c2)cc(C(=O)O)c1O. The molecule has 0 aliphatic heterocycles. The number of halogens is 1. The Morgan fingerprint density at radius 2 is 1.92 bits per heavy atom. The van der Waals surface area contributed by atoms with E-state index in [1.54, 1.807) is 0 Å². The van der Waals surface area contributed by atoms with Gasteiger partial charge in [0.2, 0.25) is 0 Å². The molecule has 0 aromatic heterocycles. The van der Waals surface area contributed by atoms with Gasteiger partial charge in [0.25, 0.3) is 5.91 Å². The second kappa shape index (κ2) is 7.05. The molecule has 0 saturated heterocycles. The smallest absolute Gasteiger partial charge is 0.339 e. The standard InChI is InChI=1S/C16H13FN2O4S/c1-8-5-11(7-12(13(8)20)15(22)23)18-16(24)19-14(21)9-3-2-4-10(17)6-9/h2-7,20H,1H3,(H,22,23)(H2,18,19,21,24). The number of aromatic hydroxyl groups is 1. The van der Waals surface area contributed by atoms with Crippen molar-refractivity contribution in [2.75, 3.05) is 5.32 Å². The zero-order valence-corrected chi connectivity index (χ0v) is 13.3. The number of hydrogen-bond acceptors (Lipinski definition) is 4. The molecule has 0 saturated carbocycles. The number of rotatable bonds is 3. The van der Waals surface area contributed by atoms with Gasteiger partial charge in [-0.1, -0.05) is 6.07 Å². The topological polar surface area (TPSA) is 98.7 Å². The minimum Gasteiger partial charge on any atom is -0.507 e. The number of nitrogens with one attached hydrogen (secondary N) is 2. The Labute approximate surface area is 141 Å². The second-order valence-corrected chi connectivity index (χ2v) is 5.32. The summed E-state index contributed by atoms with van der Waals surface area (Å²) in [6, 6.07) is 7.75. The van der Waals surface area contributed by atoms with Crippen molar-refractivity contribution in [2.24, 2.45) is 0 Å². The summed E-state index contributed by atoms with van der Waals surface area (Å²) < 4.78 is 13.1. The van der Waals surface area contributed by atoms with Gasteiger partial charge < -0.3 is 15.5 Å².